The summed E-state index contributed by atoms with van der Waals surface area (Å²) in [7, 11) is 1.54. The van der Waals surface area contributed by atoms with Crippen LogP contribution >= 0.6 is 0 Å². The molecule has 0 saturated carbocycles. The highest BCUT2D eigenvalue weighted by atomic mass is 19.1. The second kappa shape index (κ2) is 8.47. The van der Waals surface area contributed by atoms with Gasteiger partial charge < -0.3 is 9.64 Å². The third-order valence-corrected chi connectivity index (χ3v) is 4.18. The Kier molecular flexibility index (Phi) is 5.84. The molecule has 0 N–H and O–H groups in total. The summed E-state index contributed by atoms with van der Waals surface area (Å²) in [5.41, 5.74) is 0.747. The average Bonchev–Trinajstić information content (AvgIpc) is 2.69. The Morgan fingerprint density at radius 2 is 1.82 bits per heavy atom. The third-order valence-electron chi connectivity index (χ3n) is 4.18. The molecule has 7 heteroatoms. The van der Waals surface area contributed by atoms with Gasteiger partial charge in [0.2, 0.25) is 5.43 Å². The van der Waals surface area contributed by atoms with E-state index in [0.717, 1.165) is 5.69 Å². The number of aromatic nitrogens is 2. The zero-order valence-corrected chi connectivity index (χ0v) is 15.6. The minimum atomic E-state index is -0.521. The summed E-state index contributed by atoms with van der Waals surface area (Å²) >= 11 is 0. The number of likely N-dealkylation sites (N-methyl/N-ethyl adjacent to an activating group) is 1. The Bertz CT molecular complexity index is 1030. The number of carbonyl (C=O) groups excluding carboxylic acids is 1. The molecule has 0 unspecified atom stereocenters. The van der Waals surface area contributed by atoms with Crippen LogP contribution in [0.3, 0.4) is 0 Å². The number of halogens is 1. The van der Waals surface area contributed by atoms with Crippen LogP contribution in [0.15, 0.2) is 65.5 Å². The summed E-state index contributed by atoms with van der Waals surface area (Å²) in [6.45, 7) is 2.01. The number of nitrogens with zero attached hydrogens (tertiary/aromatic N) is 3. The Labute approximate surface area is 161 Å². The van der Waals surface area contributed by atoms with Crippen molar-refractivity contribution in [1.29, 1.82) is 0 Å². The number of carbonyl (C=O) groups is 1. The predicted octanol–water partition coefficient (Wildman–Crippen LogP) is 2.83. The van der Waals surface area contributed by atoms with Crippen molar-refractivity contribution >= 4 is 5.91 Å². The summed E-state index contributed by atoms with van der Waals surface area (Å²) < 4.78 is 20.5. The lowest BCUT2D eigenvalue weighted by atomic mass is 10.2. The normalized spacial score (nSPS) is 10.5. The van der Waals surface area contributed by atoms with Crippen LogP contribution in [0, 0.1) is 12.7 Å². The van der Waals surface area contributed by atoms with Crippen LogP contribution in [0.1, 0.15) is 16.2 Å². The van der Waals surface area contributed by atoms with Crippen molar-refractivity contribution in [1.82, 2.24) is 14.7 Å². The van der Waals surface area contributed by atoms with Gasteiger partial charge in [0.25, 0.3) is 5.91 Å². The highest BCUT2D eigenvalue weighted by Crippen LogP contribution is 2.15. The van der Waals surface area contributed by atoms with Crippen LogP contribution in [-0.4, -0.2) is 40.8 Å². The first-order chi connectivity index (χ1) is 13.5. The van der Waals surface area contributed by atoms with Crippen molar-refractivity contribution in [2.45, 2.75) is 6.92 Å². The summed E-state index contributed by atoms with van der Waals surface area (Å²) in [4.78, 5) is 26.3. The number of para-hydroxylation sites is 2. The largest absolute Gasteiger partial charge is 0.489 e. The van der Waals surface area contributed by atoms with Gasteiger partial charge in [-0.2, -0.15) is 5.10 Å². The van der Waals surface area contributed by atoms with Crippen molar-refractivity contribution in [3.05, 3.63) is 88.1 Å². The first-order valence-corrected chi connectivity index (χ1v) is 8.76. The molecule has 28 heavy (non-hydrogen) atoms. The van der Waals surface area contributed by atoms with Crippen molar-refractivity contribution < 1.29 is 13.9 Å². The lowest BCUT2D eigenvalue weighted by Crippen LogP contribution is -2.36. The molecule has 3 rings (SSSR count). The maximum absolute atomic E-state index is 13.6. The van der Waals surface area contributed by atoms with E-state index in [-0.39, 0.29) is 24.6 Å². The fourth-order valence-corrected chi connectivity index (χ4v) is 2.66. The molecule has 3 aromatic rings. The molecule has 0 fully saturated rings. The highest BCUT2D eigenvalue weighted by molar-refractivity contribution is 5.91. The van der Waals surface area contributed by atoms with Gasteiger partial charge in [0.15, 0.2) is 17.3 Å². The van der Waals surface area contributed by atoms with E-state index in [1.54, 1.807) is 30.8 Å². The molecular weight excluding hydrogens is 361 g/mol. The molecule has 1 heterocycles. The van der Waals surface area contributed by atoms with Crippen LogP contribution in [0.25, 0.3) is 5.69 Å². The van der Waals surface area contributed by atoms with Crippen molar-refractivity contribution in [2.75, 3.05) is 20.2 Å². The van der Waals surface area contributed by atoms with E-state index in [1.807, 2.05) is 30.3 Å². The summed E-state index contributed by atoms with van der Waals surface area (Å²) in [5.74, 6) is -0.877. The van der Waals surface area contributed by atoms with Gasteiger partial charge in [0, 0.05) is 18.8 Å². The van der Waals surface area contributed by atoms with Crippen molar-refractivity contribution in [3.63, 3.8) is 0 Å². The van der Waals surface area contributed by atoms with Gasteiger partial charge in [-0.25, -0.2) is 9.07 Å². The monoisotopic (exact) mass is 381 g/mol. The van der Waals surface area contributed by atoms with E-state index < -0.39 is 17.2 Å². The van der Waals surface area contributed by atoms with Crippen molar-refractivity contribution in [3.8, 4) is 11.4 Å². The SMILES string of the molecule is Cc1cc(=O)c(C(=O)N(C)CCOc2ccccc2F)nn1-c1ccccc1. The Hall–Kier alpha value is -3.48. The number of aryl methyl sites for hydroxylation is 1. The minimum absolute atomic E-state index is 0.0852. The highest BCUT2D eigenvalue weighted by Gasteiger charge is 2.19. The molecule has 0 saturated heterocycles. The van der Waals surface area contributed by atoms with Gasteiger partial charge in [-0.15, -0.1) is 0 Å². The Balaban J connectivity index is 1.74. The first kappa shape index (κ1) is 19.3. The predicted molar refractivity (Wildman–Crippen MR) is 103 cm³/mol. The second-order valence-electron chi connectivity index (χ2n) is 6.25. The number of rotatable bonds is 6. The molecule has 144 valence electrons. The van der Waals surface area contributed by atoms with Gasteiger partial charge in [0.05, 0.1) is 12.2 Å². The number of ether oxygens (including phenoxy) is 1. The van der Waals surface area contributed by atoms with E-state index in [2.05, 4.69) is 5.10 Å². The number of benzene rings is 2. The lowest BCUT2D eigenvalue weighted by molar-refractivity contribution is 0.0763. The van der Waals surface area contributed by atoms with Crippen LogP contribution in [0.2, 0.25) is 0 Å². The second-order valence-corrected chi connectivity index (χ2v) is 6.25. The van der Waals surface area contributed by atoms with Crippen LogP contribution < -0.4 is 10.2 Å². The molecule has 6 nitrogen and oxygen atoms in total. The third kappa shape index (κ3) is 4.25. The minimum Gasteiger partial charge on any atom is -0.489 e. The van der Waals surface area contributed by atoms with E-state index in [4.69, 9.17) is 4.74 Å². The number of hydrogen-bond donors (Lipinski definition) is 0. The van der Waals surface area contributed by atoms with E-state index >= 15 is 0 Å². The summed E-state index contributed by atoms with van der Waals surface area (Å²) in [6, 6.07) is 16.7. The molecule has 0 aliphatic rings. The Morgan fingerprint density at radius 1 is 1.14 bits per heavy atom. The average molecular weight is 381 g/mol. The van der Waals surface area contributed by atoms with Crippen LogP contribution in [0.5, 0.6) is 5.75 Å². The molecule has 0 atom stereocenters. The van der Waals surface area contributed by atoms with Gasteiger partial charge in [-0.05, 0) is 31.2 Å². The summed E-state index contributed by atoms with van der Waals surface area (Å²) in [6.07, 6.45) is 0. The zero-order chi connectivity index (χ0) is 20.1. The summed E-state index contributed by atoms with van der Waals surface area (Å²) in [5, 5.41) is 4.26. The van der Waals surface area contributed by atoms with Crippen LogP contribution in [-0.2, 0) is 0 Å². The fourth-order valence-electron chi connectivity index (χ4n) is 2.66. The Morgan fingerprint density at radius 3 is 2.54 bits per heavy atom. The quantitative estimate of drug-likeness (QED) is 0.659. The van der Waals surface area contributed by atoms with Gasteiger partial charge in [0.1, 0.15) is 6.61 Å². The van der Waals surface area contributed by atoms with E-state index in [1.165, 1.54) is 23.1 Å². The maximum atomic E-state index is 13.6. The van der Waals surface area contributed by atoms with Gasteiger partial charge >= 0.3 is 0 Å². The standard InChI is InChI=1S/C21H20FN3O3/c1-15-14-18(26)20(23-25(15)16-8-4-3-5-9-16)21(27)24(2)12-13-28-19-11-7-6-10-17(19)22/h3-11,14H,12-13H2,1-2H3. The lowest BCUT2D eigenvalue weighted by Gasteiger charge is -2.18. The smallest absolute Gasteiger partial charge is 0.278 e. The zero-order valence-electron chi connectivity index (χ0n) is 15.6. The molecule has 1 aromatic heterocycles. The molecule has 0 radical (unpaired) electrons. The van der Waals surface area contributed by atoms with Gasteiger partial charge in [-0.3, -0.25) is 9.59 Å². The molecule has 0 aliphatic carbocycles. The van der Waals surface area contributed by atoms with E-state index in [0.29, 0.717) is 5.69 Å². The molecule has 0 spiro atoms. The maximum Gasteiger partial charge on any atom is 0.278 e. The van der Waals surface area contributed by atoms with Gasteiger partial charge in [-0.1, -0.05) is 30.3 Å². The first-order valence-electron chi connectivity index (χ1n) is 8.76. The molecule has 0 aliphatic heterocycles. The number of hydrogen-bond acceptors (Lipinski definition) is 4. The number of amides is 1. The topological polar surface area (TPSA) is 64.4 Å². The molecular formula is C21H20FN3O3. The molecule has 1 amide bonds. The van der Waals surface area contributed by atoms with Crippen LogP contribution in [0.4, 0.5) is 4.39 Å². The molecule has 0 bridgehead atoms. The van der Waals surface area contributed by atoms with E-state index in [9.17, 15) is 14.0 Å². The molecule has 2 aromatic carbocycles. The van der Waals surface area contributed by atoms with Crippen molar-refractivity contribution in [2.24, 2.45) is 0 Å². The fraction of sp³-hybridized carbons (Fsp3) is 0.190.